The Labute approximate surface area is 185 Å². The van der Waals surface area contributed by atoms with Crippen LogP contribution in [0.3, 0.4) is 0 Å². The second-order valence-electron chi connectivity index (χ2n) is 9.67. The van der Waals surface area contributed by atoms with Gasteiger partial charge in [-0.1, -0.05) is 13.8 Å². The van der Waals surface area contributed by atoms with Gasteiger partial charge in [-0.05, 0) is 57.6 Å². The van der Waals surface area contributed by atoms with E-state index in [0.717, 1.165) is 13.2 Å². The zero-order valence-corrected chi connectivity index (χ0v) is 19.2. The molecule has 10 heteroatoms. The van der Waals surface area contributed by atoms with Gasteiger partial charge >= 0.3 is 18.2 Å². The van der Waals surface area contributed by atoms with Crippen LogP contribution in [0.2, 0.25) is 0 Å². The maximum Gasteiger partial charge on any atom is 0.421 e. The van der Waals surface area contributed by atoms with Gasteiger partial charge in [-0.3, -0.25) is 0 Å². The third-order valence-electron chi connectivity index (χ3n) is 5.82. The Balaban J connectivity index is 2.22. The van der Waals surface area contributed by atoms with Crippen LogP contribution in [0.15, 0.2) is 12.1 Å². The lowest BCUT2D eigenvalue weighted by Gasteiger charge is -2.54. The van der Waals surface area contributed by atoms with Gasteiger partial charge in [0.25, 0.3) is 0 Å². The molecule has 0 bridgehead atoms. The topological polar surface area (TPSA) is 76.7 Å². The Bertz CT molecular complexity index is 878. The first-order chi connectivity index (χ1) is 14.5. The zero-order chi connectivity index (χ0) is 24.6. The number of carbonyl (C=O) groups excluding carboxylic acids is 2. The molecule has 1 aliphatic rings. The van der Waals surface area contributed by atoms with Crippen molar-refractivity contribution in [3.05, 3.63) is 29.1 Å². The normalized spacial score (nSPS) is 21.2. The summed E-state index contributed by atoms with van der Waals surface area (Å²) < 4.78 is 64.6. The van der Waals surface area contributed by atoms with E-state index >= 15 is 0 Å². The number of hydrogen-bond acceptors (Lipinski definition) is 5. The maximum absolute atomic E-state index is 14.3. The Morgan fingerprint density at radius 3 is 2.25 bits per heavy atom. The summed E-state index contributed by atoms with van der Waals surface area (Å²) in [5.74, 6) is -2.65. The van der Waals surface area contributed by atoms with E-state index in [1.807, 2.05) is 13.8 Å². The van der Waals surface area contributed by atoms with E-state index in [1.165, 1.54) is 0 Å². The Morgan fingerprint density at radius 1 is 1.19 bits per heavy atom. The number of carbonyl (C=O) groups is 2. The lowest BCUT2D eigenvalue weighted by Crippen LogP contribution is -2.62. The molecule has 0 aromatic heterocycles. The van der Waals surface area contributed by atoms with Gasteiger partial charge in [0.1, 0.15) is 17.0 Å². The second-order valence-corrected chi connectivity index (χ2v) is 9.67. The number of anilines is 1. The van der Waals surface area contributed by atoms with Crippen molar-refractivity contribution in [1.29, 1.82) is 0 Å². The van der Waals surface area contributed by atoms with E-state index in [2.05, 4.69) is 15.4 Å². The third-order valence-corrected chi connectivity index (χ3v) is 5.82. The molecule has 1 fully saturated rings. The first kappa shape index (κ1) is 25.7. The van der Waals surface area contributed by atoms with E-state index in [0.29, 0.717) is 12.5 Å². The molecule has 1 aromatic carbocycles. The highest BCUT2D eigenvalue weighted by molar-refractivity contribution is 5.91. The first-order valence-corrected chi connectivity index (χ1v) is 10.2. The standard InChI is InChI=1S/C22H30F4N2O4/c1-11(13-10-16(21(13,5)6)28-19(30)32-20(2,3)4)27-15-9-12(18(29)31-7)8-14(23)17(15)22(24,25)26/h8-9,11,13,16,27H,10H2,1-7H3,(H,28,30)/t11?,13-,16-/m1/s1. The summed E-state index contributed by atoms with van der Waals surface area (Å²) in [5, 5.41) is 5.53. The van der Waals surface area contributed by atoms with E-state index in [9.17, 15) is 27.2 Å². The van der Waals surface area contributed by atoms with Crippen LogP contribution >= 0.6 is 0 Å². The number of benzene rings is 1. The molecule has 3 atom stereocenters. The summed E-state index contributed by atoms with van der Waals surface area (Å²) in [4.78, 5) is 23.8. The number of rotatable bonds is 5. The van der Waals surface area contributed by atoms with Gasteiger partial charge in [-0.15, -0.1) is 0 Å². The summed E-state index contributed by atoms with van der Waals surface area (Å²) in [6.45, 7) is 10.7. The van der Waals surface area contributed by atoms with Gasteiger partial charge in [0, 0.05) is 12.1 Å². The fraction of sp³-hybridized carbons (Fsp3) is 0.636. The minimum atomic E-state index is -4.96. The van der Waals surface area contributed by atoms with Gasteiger partial charge < -0.3 is 20.1 Å². The molecule has 6 nitrogen and oxygen atoms in total. The molecular formula is C22H30F4N2O4. The second kappa shape index (κ2) is 8.78. The molecule has 0 radical (unpaired) electrons. The molecule has 1 aromatic rings. The molecule has 32 heavy (non-hydrogen) atoms. The molecule has 2 rings (SSSR count). The fourth-order valence-electron chi connectivity index (χ4n) is 4.09. The SMILES string of the molecule is COC(=O)c1cc(F)c(C(F)(F)F)c(NC(C)[C@H]2C[C@@H](NC(=O)OC(C)(C)C)C2(C)C)c1. The maximum atomic E-state index is 14.3. The Morgan fingerprint density at radius 2 is 1.78 bits per heavy atom. The number of nitrogens with one attached hydrogen (secondary N) is 2. The van der Waals surface area contributed by atoms with Crippen LogP contribution in [0, 0.1) is 17.2 Å². The highest BCUT2D eigenvalue weighted by Crippen LogP contribution is 2.49. The van der Waals surface area contributed by atoms with Crippen LogP contribution in [0.1, 0.15) is 63.9 Å². The van der Waals surface area contributed by atoms with Crippen LogP contribution in [0.5, 0.6) is 0 Å². The number of halogens is 4. The van der Waals surface area contributed by atoms with Gasteiger partial charge in [-0.2, -0.15) is 13.2 Å². The van der Waals surface area contributed by atoms with Crippen LogP contribution in [-0.4, -0.2) is 36.9 Å². The third kappa shape index (κ3) is 5.63. The molecular weight excluding hydrogens is 432 g/mol. The smallest absolute Gasteiger partial charge is 0.421 e. The van der Waals surface area contributed by atoms with E-state index in [4.69, 9.17) is 4.74 Å². The minimum Gasteiger partial charge on any atom is -0.465 e. The highest BCUT2D eigenvalue weighted by atomic mass is 19.4. The molecule has 1 amide bonds. The van der Waals surface area contributed by atoms with Crippen LogP contribution < -0.4 is 10.6 Å². The predicted octanol–water partition coefficient (Wildman–Crippen LogP) is 5.37. The predicted molar refractivity (Wildman–Crippen MR) is 111 cm³/mol. The quantitative estimate of drug-likeness (QED) is 0.454. The first-order valence-electron chi connectivity index (χ1n) is 10.2. The summed E-state index contributed by atoms with van der Waals surface area (Å²) in [5.41, 5.74) is -3.47. The average Bonchev–Trinajstić information content (AvgIpc) is 2.60. The van der Waals surface area contributed by atoms with Crippen molar-refractivity contribution in [2.75, 3.05) is 12.4 Å². The number of alkyl halides is 3. The van der Waals surface area contributed by atoms with E-state index in [1.54, 1.807) is 27.7 Å². The van der Waals surface area contributed by atoms with Gasteiger partial charge in [0.2, 0.25) is 0 Å². The number of esters is 1. The van der Waals surface area contributed by atoms with Crippen molar-refractivity contribution in [3.8, 4) is 0 Å². The molecule has 180 valence electrons. The van der Waals surface area contributed by atoms with Crippen molar-refractivity contribution in [1.82, 2.24) is 5.32 Å². The van der Waals surface area contributed by atoms with Crippen molar-refractivity contribution in [3.63, 3.8) is 0 Å². The monoisotopic (exact) mass is 462 g/mol. The zero-order valence-electron chi connectivity index (χ0n) is 19.2. The van der Waals surface area contributed by atoms with E-state index in [-0.39, 0.29) is 17.5 Å². The van der Waals surface area contributed by atoms with Gasteiger partial charge in [0.05, 0.1) is 18.4 Å². The van der Waals surface area contributed by atoms with Gasteiger partial charge in [-0.25, -0.2) is 14.0 Å². The fourth-order valence-corrected chi connectivity index (χ4v) is 4.09. The largest absolute Gasteiger partial charge is 0.465 e. The number of methoxy groups -OCH3 is 1. The molecule has 0 heterocycles. The average molecular weight is 462 g/mol. The number of alkyl carbamates (subject to hydrolysis) is 1. The molecule has 1 aliphatic carbocycles. The van der Waals surface area contributed by atoms with Crippen LogP contribution in [0.25, 0.3) is 0 Å². The van der Waals surface area contributed by atoms with Crippen LogP contribution in [0.4, 0.5) is 28.0 Å². The minimum absolute atomic E-state index is 0.145. The molecule has 0 spiro atoms. The van der Waals surface area contributed by atoms with Crippen molar-refractivity contribution < 1.29 is 36.6 Å². The van der Waals surface area contributed by atoms with Crippen molar-refractivity contribution >= 4 is 17.7 Å². The molecule has 0 saturated heterocycles. The summed E-state index contributed by atoms with van der Waals surface area (Å²) in [7, 11) is 1.06. The van der Waals surface area contributed by atoms with Gasteiger partial charge in [0.15, 0.2) is 0 Å². The van der Waals surface area contributed by atoms with Crippen molar-refractivity contribution in [2.45, 2.75) is 71.8 Å². The summed E-state index contributed by atoms with van der Waals surface area (Å²) >= 11 is 0. The number of hydrogen-bond donors (Lipinski definition) is 2. The highest BCUT2D eigenvalue weighted by Gasteiger charge is 2.51. The number of amides is 1. The molecule has 2 N–H and O–H groups in total. The Kier molecular flexibility index (Phi) is 7.07. The summed E-state index contributed by atoms with van der Waals surface area (Å²) in [6, 6.07) is 0.691. The van der Waals surface area contributed by atoms with E-state index < -0.39 is 52.4 Å². The Hall–Kier alpha value is -2.52. The lowest BCUT2D eigenvalue weighted by atomic mass is 9.56. The molecule has 1 saturated carbocycles. The van der Waals surface area contributed by atoms with Crippen molar-refractivity contribution in [2.24, 2.45) is 11.3 Å². The van der Waals surface area contributed by atoms with Crippen LogP contribution in [-0.2, 0) is 15.7 Å². The summed E-state index contributed by atoms with van der Waals surface area (Å²) in [6.07, 6.45) is -5.04. The number of ether oxygens (including phenoxy) is 2. The molecule has 0 aliphatic heterocycles. The molecule has 1 unspecified atom stereocenters. The lowest BCUT2D eigenvalue weighted by molar-refractivity contribution is -0.139.